The monoisotopic (exact) mass is 299 g/mol. The number of nitrogen functional groups attached to an aromatic ring is 1. The van der Waals surface area contributed by atoms with Crippen molar-refractivity contribution in [2.24, 2.45) is 0 Å². The van der Waals surface area contributed by atoms with Gasteiger partial charge in [-0.05, 0) is 17.7 Å². The fourth-order valence-corrected chi connectivity index (χ4v) is 2.16. The Morgan fingerprint density at radius 2 is 2.05 bits per heavy atom. The van der Waals surface area contributed by atoms with Gasteiger partial charge in [0.2, 0.25) is 0 Å². The third-order valence-electron chi connectivity index (χ3n) is 2.64. The molecule has 6 nitrogen and oxygen atoms in total. The molecule has 7 heteroatoms. The Kier molecular flexibility index (Phi) is 6.00. The second-order valence-corrected chi connectivity index (χ2v) is 5.35. The predicted molar refractivity (Wildman–Crippen MR) is 76.3 cm³/mol. The standard InChI is InChI=1S/C13H17NO5S/c1-7(15)20-6-11(16)12(17)8-3-4-9(10(14)5-8)13(18)19-2/h3-5,11-12,16-17H,6,14H2,1-2H3. The van der Waals surface area contributed by atoms with Gasteiger partial charge in [-0.3, -0.25) is 4.79 Å². The van der Waals surface area contributed by atoms with Crippen LogP contribution < -0.4 is 5.73 Å². The van der Waals surface area contributed by atoms with E-state index in [1.807, 2.05) is 0 Å². The molecule has 110 valence electrons. The van der Waals surface area contributed by atoms with E-state index in [-0.39, 0.29) is 22.1 Å². The maximum absolute atomic E-state index is 11.4. The van der Waals surface area contributed by atoms with E-state index in [0.717, 1.165) is 11.8 Å². The van der Waals surface area contributed by atoms with E-state index in [0.29, 0.717) is 5.56 Å². The van der Waals surface area contributed by atoms with Gasteiger partial charge in [-0.1, -0.05) is 17.8 Å². The zero-order chi connectivity index (χ0) is 15.3. The summed E-state index contributed by atoms with van der Waals surface area (Å²) in [6.45, 7) is 1.38. The van der Waals surface area contributed by atoms with Gasteiger partial charge in [-0.25, -0.2) is 4.79 Å². The first-order valence-electron chi connectivity index (χ1n) is 5.84. The number of aliphatic hydroxyl groups excluding tert-OH is 2. The molecule has 0 bridgehead atoms. The molecule has 20 heavy (non-hydrogen) atoms. The summed E-state index contributed by atoms with van der Waals surface area (Å²) >= 11 is 0.924. The first kappa shape index (κ1) is 16.5. The van der Waals surface area contributed by atoms with Gasteiger partial charge in [0.15, 0.2) is 5.12 Å². The molecule has 4 N–H and O–H groups in total. The summed E-state index contributed by atoms with van der Waals surface area (Å²) in [5, 5.41) is 19.6. The molecule has 0 radical (unpaired) electrons. The highest BCUT2D eigenvalue weighted by molar-refractivity contribution is 8.13. The third kappa shape index (κ3) is 4.22. The number of carbonyl (C=O) groups is 2. The normalized spacial score (nSPS) is 13.6. The summed E-state index contributed by atoms with van der Waals surface area (Å²) in [6, 6.07) is 4.30. The van der Waals surface area contributed by atoms with E-state index in [9.17, 15) is 19.8 Å². The lowest BCUT2D eigenvalue weighted by Gasteiger charge is -2.18. The van der Waals surface area contributed by atoms with Crippen molar-refractivity contribution in [1.82, 2.24) is 0 Å². The predicted octanol–water partition coefficient (Wildman–Crippen LogP) is 0.729. The molecule has 0 fully saturated rings. The Labute approximate surface area is 120 Å². The molecular weight excluding hydrogens is 282 g/mol. The van der Waals surface area contributed by atoms with Crippen LogP contribution in [0.5, 0.6) is 0 Å². The van der Waals surface area contributed by atoms with Crippen LogP contribution in [-0.4, -0.2) is 40.3 Å². The van der Waals surface area contributed by atoms with Gasteiger partial charge in [0.05, 0.1) is 18.8 Å². The van der Waals surface area contributed by atoms with Crippen LogP contribution in [0.1, 0.15) is 28.9 Å². The number of rotatable bonds is 5. The summed E-state index contributed by atoms with van der Waals surface area (Å²) < 4.78 is 4.56. The molecule has 1 aromatic carbocycles. The van der Waals surface area contributed by atoms with Crippen molar-refractivity contribution in [3.8, 4) is 0 Å². The van der Waals surface area contributed by atoms with E-state index in [1.165, 1.54) is 32.2 Å². The van der Waals surface area contributed by atoms with Gasteiger partial charge < -0.3 is 20.7 Å². The largest absolute Gasteiger partial charge is 0.465 e. The molecule has 1 rings (SSSR count). The quantitative estimate of drug-likeness (QED) is 0.543. The SMILES string of the molecule is COC(=O)c1ccc(C(O)C(O)CSC(C)=O)cc1N. The van der Waals surface area contributed by atoms with Crippen molar-refractivity contribution in [1.29, 1.82) is 0 Å². The smallest absolute Gasteiger partial charge is 0.339 e. The Balaban J connectivity index is 2.84. The number of hydrogen-bond donors (Lipinski definition) is 3. The molecule has 0 aliphatic rings. The van der Waals surface area contributed by atoms with Gasteiger partial charge in [0.25, 0.3) is 0 Å². The van der Waals surface area contributed by atoms with E-state index < -0.39 is 18.2 Å². The van der Waals surface area contributed by atoms with Crippen LogP contribution in [0.15, 0.2) is 18.2 Å². The number of benzene rings is 1. The van der Waals surface area contributed by atoms with E-state index in [4.69, 9.17) is 5.73 Å². The lowest BCUT2D eigenvalue weighted by Crippen LogP contribution is -2.21. The van der Waals surface area contributed by atoms with Gasteiger partial charge in [-0.15, -0.1) is 0 Å². The Hall–Kier alpha value is -1.57. The number of methoxy groups -OCH3 is 1. The number of nitrogens with two attached hydrogens (primary N) is 1. The topological polar surface area (TPSA) is 110 Å². The van der Waals surface area contributed by atoms with Crippen molar-refractivity contribution in [2.75, 3.05) is 18.6 Å². The van der Waals surface area contributed by atoms with Crippen LogP contribution in [0.2, 0.25) is 0 Å². The minimum absolute atomic E-state index is 0.0785. The molecule has 0 spiro atoms. The molecule has 0 heterocycles. The maximum Gasteiger partial charge on any atom is 0.339 e. The lowest BCUT2D eigenvalue weighted by molar-refractivity contribution is -0.109. The third-order valence-corrected chi connectivity index (χ3v) is 3.56. The number of carbonyl (C=O) groups excluding carboxylic acids is 2. The van der Waals surface area contributed by atoms with Crippen LogP contribution in [0.4, 0.5) is 5.69 Å². The number of esters is 1. The van der Waals surface area contributed by atoms with Gasteiger partial charge in [-0.2, -0.15) is 0 Å². The molecule has 0 aliphatic carbocycles. The number of anilines is 1. The van der Waals surface area contributed by atoms with Crippen molar-refractivity contribution in [3.63, 3.8) is 0 Å². The van der Waals surface area contributed by atoms with Crippen molar-refractivity contribution in [2.45, 2.75) is 19.1 Å². The highest BCUT2D eigenvalue weighted by Gasteiger charge is 2.21. The second-order valence-electron chi connectivity index (χ2n) is 4.15. The first-order valence-corrected chi connectivity index (χ1v) is 6.82. The molecule has 0 aliphatic heterocycles. The summed E-state index contributed by atoms with van der Waals surface area (Å²) in [7, 11) is 1.24. The van der Waals surface area contributed by atoms with Gasteiger partial charge in [0.1, 0.15) is 6.10 Å². The summed E-state index contributed by atoms with van der Waals surface area (Å²) in [5.74, 6) is -0.494. The van der Waals surface area contributed by atoms with Gasteiger partial charge in [0, 0.05) is 18.4 Å². The number of aliphatic hydroxyl groups is 2. The Morgan fingerprint density at radius 1 is 1.40 bits per heavy atom. The maximum atomic E-state index is 11.4. The van der Waals surface area contributed by atoms with Gasteiger partial charge >= 0.3 is 5.97 Å². The highest BCUT2D eigenvalue weighted by Crippen LogP contribution is 2.24. The summed E-state index contributed by atoms with van der Waals surface area (Å²) in [4.78, 5) is 22.2. The van der Waals surface area contributed by atoms with E-state index >= 15 is 0 Å². The van der Waals surface area contributed by atoms with Crippen LogP contribution in [0, 0.1) is 0 Å². The summed E-state index contributed by atoms with van der Waals surface area (Å²) in [6.07, 6.45) is -2.29. The van der Waals surface area contributed by atoms with Crippen molar-refractivity contribution < 1.29 is 24.5 Å². The summed E-state index contributed by atoms with van der Waals surface area (Å²) in [5.41, 5.74) is 6.42. The lowest BCUT2D eigenvalue weighted by atomic mass is 10.0. The van der Waals surface area contributed by atoms with Crippen LogP contribution >= 0.6 is 11.8 Å². The molecular formula is C13H17NO5S. The number of thioether (sulfide) groups is 1. The first-order chi connectivity index (χ1) is 9.36. The average Bonchev–Trinajstić information content (AvgIpc) is 2.42. The second kappa shape index (κ2) is 7.28. The zero-order valence-corrected chi connectivity index (χ0v) is 12.0. The molecule has 0 amide bonds. The fourth-order valence-electron chi connectivity index (χ4n) is 1.58. The fraction of sp³-hybridized carbons (Fsp3) is 0.385. The molecule has 2 atom stereocenters. The van der Waals surface area contributed by atoms with Crippen molar-refractivity contribution in [3.05, 3.63) is 29.3 Å². The minimum Gasteiger partial charge on any atom is -0.465 e. The van der Waals surface area contributed by atoms with E-state index in [1.54, 1.807) is 0 Å². The highest BCUT2D eigenvalue weighted by atomic mass is 32.2. The minimum atomic E-state index is -1.18. The number of ether oxygens (including phenoxy) is 1. The number of hydrogen-bond acceptors (Lipinski definition) is 7. The zero-order valence-electron chi connectivity index (χ0n) is 11.2. The van der Waals surface area contributed by atoms with Crippen molar-refractivity contribution >= 4 is 28.5 Å². The van der Waals surface area contributed by atoms with Crippen LogP contribution in [0.3, 0.4) is 0 Å². The Morgan fingerprint density at radius 3 is 2.55 bits per heavy atom. The van der Waals surface area contributed by atoms with Crippen LogP contribution in [0.25, 0.3) is 0 Å². The Bertz CT molecular complexity index is 506. The van der Waals surface area contributed by atoms with E-state index in [2.05, 4.69) is 4.74 Å². The van der Waals surface area contributed by atoms with Crippen LogP contribution in [-0.2, 0) is 9.53 Å². The molecule has 1 aromatic rings. The molecule has 0 saturated carbocycles. The average molecular weight is 299 g/mol. The molecule has 2 unspecified atom stereocenters. The molecule has 0 aromatic heterocycles. The molecule has 0 saturated heterocycles.